The summed E-state index contributed by atoms with van der Waals surface area (Å²) < 4.78 is 13.9. The summed E-state index contributed by atoms with van der Waals surface area (Å²) in [6, 6.07) is 13.2. The van der Waals surface area contributed by atoms with Gasteiger partial charge in [-0.15, -0.1) is 0 Å². The maximum atomic E-state index is 13.0. The molecule has 148 valence electrons. The van der Waals surface area contributed by atoms with Crippen molar-refractivity contribution in [2.75, 3.05) is 18.4 Å². The Morgan fingerprint density at radius 1 is 1.14 bits per heavy atom. The van der Waals surface area contributed by atoms with Gasteiger partial charge < -0.3 is 15.5 Å². The molecule has 2 N–H and O–H groups in total. The average molecular weight is 448 g/mol. The molecule has 0 aromatic heterocycles. The standard InChI is InChI=1S/C21H23BrFN3O2/c1-21(19(27)24-13-15-3-7-17(23)8-4-15)11-2-12-26(14-21)20(28)25-18-9-5-16(22)6-10-18/h3-10H,2,11-14H2,1H3,(H,24,27)(H,25,28)/t21-/m0/s1. The first kappa shape index (κ1) is 20.3. The fraction of sp³-hybridized carbons (Fsp3) is 0.333. The molecule has 1 heterocycles. The second kappa shape index (κ2) is 8.73. The summed E-state index contributed by atoms with van der Waals surface area (Å²) in [5, 5.41) is 5.80. The molecule has 3 amide bonds. The van der Waals surface area contributed by atoms with Crippen LogP contribution in [0.5, 0.6) is 0 Å². The van der Waals surface area contributed by atoms with Crippen molar-refractivity contribution in [1.82, 2.24) is 10.2 Å². The van der Waals surface area contributed by atoms with E-state index in [2.05, 4.69) is 26.6 Å². The van der Waals surface area contributed by atoms with Crippen molar-refractivity contribution in [3.05, 3.63) is 64.4 Å². The number of halogens is 2. The molecule has 1 atom stereocenters. The summed E-state index contributed by atoms with van der Waals surface area (Å²) in [7, 11) is 0. The molecule has 0 saturated carbocycles. The molecule has 1 saturated heterocycles. The minimum Gasteiger partial charge on any atom is -0.351 e. The van der Waals surface area contributed by atoms with Gasteiger partial charge in [-0.1, -0.05) is 28.1 Å². The summed E-state index contributed by atoms with van der Waals surface area (Å²) in [5.74, 6) is -0.403. The van der Waals surface area contributed by atoms with Crippen molar-refractivity contribution in [2.45, 2.75) is 26.3 Å². The Labute approximate surface area is 172 Å². The Hall–Kier alpha value is -2.41. The highest BCUT2D eigenvalue weighted by atomic mass is 79.9. The van der Waals surface area contributed by atoms with Crippen LogP contribution < -0.4 is 10.6 Å². The number of piperidine rings is 1. The lowest BCUT2D eigenvalue weighted by Gasteiger charge is -2.39. The quantitative estimate of drug-likeness (QED) is 0.722. The molecule has 1 aliphatic rings. The fourth-order valence-electron chi connectivity index (χ4n) is 3.33. The fourth-order valence-corrected chi connectivity index (χ4v) is 3.60. The van der Waals surface area contributed by atoms with Crippen LogP contribution in [0, 0.1) is 11.2 Å². The Kier molecular flexibility index (Phi) is 6.34. The summed E-state index contributed by atoms with van der Waals surface area (Å²) in [6.07, 6.45) is 1.47. The van der Waals surface area contributed by atoms with Crippen LogP contribution in [0.1, 0.15) is 25.3 Å². The molecule has 0 spiro atoms. The molecule has 2 aromatic rings. The van der Waals surface area contributed by atoms with Crippen LogP contribution in [0.3, 0.4) is 0 Å². The van der Waals surface area contributed by atoms with E-state index in [0.717, 1.165) is 16.5 Å². The first-order chi connectivity index (χ1) is 13.4. The van der Waals surface area contributed by atoms with E-state index in [1.807, 2.05) is 31.2 Å². The maximum Gasteiger partial charge on any atom is 0.321 e. The first-order valence-corrected chi connectivity index (χ1v) is 9.99. The smallest absolute Gasteiger partial charge is 0.321 e. The zero-order chi connectivity index (χ0) is 20.1. The lowest BCUT2D eigenvalue weighted by Crippen LogP contribution is -2.52. The summed E-state index contributed by atoms with van der Waals surface area (Å²) in [5.41, 5.74) is 0.884. The molecule has 2 aromatic carbocycles. The monoisotopic (exact) mass is 447 g/mol. The predicted molar refractivity (Wildman–Crippen MR) is 110 cm³/mol. The van der Waals surface area contributed by atoms with Crippen molar-refractivity contribution >= 4 is 33.6 Å². The number of hydrogen-bond acceptors (Lipinski definition) is 2. The molecule has 0 unspecified atom stereocenters. The van der Waals surface area contributed by atoms with Crippen LogP contribution in [-0.2, 0) is 11.3 Å². The van der Waals surface area contributed by atoms with E-state index in [9.17, 15) is 14.0 Å². The van der Waals surface area contributed by atoms with Gasteiger partial charge in [0.2, 0.25) is 5.91 Å². The van der Waals surface area contributed by atoms with Crippen LogP contribution >= 0.6 is 15.9 Å². The minimum absolute atomic E-state index is 0.0991. The lowest BCUT2D eigenvalue weighted by molar-refractivity contribution is -0.132. The molecular formula is C21H23BrFN3O2. The zero-order valence-electron chi connectivity index (χ0n) is 15.7. The van der Waals surface area contributed by atoms with Crippen LogP contribution in [0.25, 0.3) is 0 Å². The van der Waals surface area contributed by atoms with Crippen LogP contribution in [0.15, 0.2) is 53.0 Å². The third-order valence-electron chi connectivity index (χ3n) is 4.99. The van der Waals surface area contributed by atoms with Crippen molar-refractivity contribution in [3.8, 4) is 0 Å². The van der Waals surface area contributed by atoms with Gasteiger partial charge >= 0.3 is 6.03 Å². The highest BCUT2D eigenvalue weighted by molar-refractivity contribution is 9.10. The number of carbonyl (C=O) groups excluding carboxylic acids is 2. The number of anilines is 1. The summed E-state index contributed by atoms with van der Waals surface area (Å²) in [6.45, 7) is 3.18. The Morgan fingerprint density at radius 3 is 2.50 bits per heavy atom. The Balaban J connectivity index is 1.58. The number of urea groups is 1. The van der Waals surface area contributed by atoms with E-state index in [1.165, 1.54) is 12.1 Å². The maximum absolute atomic E-state index is 13.0. The molecule has 0 radical (unpaired) electrons. The zero-order valence-corrected chi connectivity index (χ0v) is 17.3. The number of rotatable bonds is 4. The molecule has 1 fully saturated rings. The first-order valence-electron chi connectivity index (χ1n) is 9.20. The largest absolute Gasteiger partial charge is 0.351 e. The van der Waals surface area contributed by atoms with Gasteiger partial charge in [0.1, 0.15) is 5.82 Å². The van der Waals surface area contributed by atoms with Gasteiger partial charge in [-0.2, -0.15) is 0 Å². The van der Waals surface area contributed by atoms with E-state index in [4.69, 9.17) is 0 Å². The molecule has 1 aliphatic heterocycles. The van der Waals surface area contributed by atoms with Gasteiger partial charge in [0.25, 0.3) is 0 Å². The van der Waals surface area contributed by atoms with Gasteiger partial charge in [-0.25, -0.2) is 9.18 Å². The van der Waals surface area contributed by atoms with Gasteiger partial charge in [-0.05, 0) is 61.7 Å². The molecule has 5 nitrogen and oxygen atoms in total. The lowest BCUT2D eigenvalue weighted by atomic mass is 9.81. The van der Waals surface area contributed by atoms with Gasteiger partial charge in [0.15, 0.2) is 0 Å². The van der Waals surface area contributed by atoms with E-state index in [1.54, 1.807) is 17.0 Å². The number of nitrogens with zero attached hydrogens (tertiary/aromatic N) is 1. The third-order valence-corrected chi connectivity index (χ3v) is 5.52. The summed E-state index contributed by atoms with van der Waals surface area (Å²) >= 11 is 3.37. The normalized spacial score (nSPS) is 19.2. The number of hydrogen-bond donors (Lipinski definition) is 2. The SMILES string of the molecule is C[C@]1(C(=O)NCc2ccc(F)cc2)CCCN(C(=O)Nc2ccc(Br)cc2)C1. The predicted octanol–water partition coefficient (Wildman–Crippen LogP) is 4.54. The Bertz CT molecular complexity index is 842. The van der Waals surface area contributed by atoms with E-state index in [-0.39, 0.29) is 17.8 Å². The van der Waals surface area contributed by atoms with Gasteiger partial charge in [0, 0.05) is 29.8 Å². The molecule has 7 heteroatoms. The second-order valence-electron chi connectivity index (χ2n) is 7.33. The van der Waals surface area contributed by atoms with Gasteiger partial charge in [-0.3, -0.25) is 4.79 Å². The van der Waals surface area contributed by atoms with Gasteiger partial charge in [0.05, 0.1) is 5.41 Å². The Morgan fingerprint density at radius 2 is 1.82 bits per heavy atom. The minimum atomic E-state index is -0.657. The number of carbonyl (C=O) groups is 2. The van der Waals surface area contributed by atoms with Crippen LogP contribution in [-0.4, -0.2) is 29.9 Å². The van der Waals surface area contributed by atoms with E-state index < -0.39 is 5.41 Å². The summed E-state index contributed by atoms with van der Waals surface area (Å²) in [4.78, 5) is 27.1. The van der Waals surface area contributed by atoms with Crippen molar-refractivity contribution in [3.63, 3.8) is 0 Å². The highest BCUT2D eigenvalue weighted by Crippen LogP contribution is 2.30. The average Bonchev–Trinajstić information content (AvgIpc) is 2.69. The van der Waals surface area contributed by atoms with E-state index in [0.29, 0.717) is 31.7 Å². The molecule has 0 bridgehead atoms. The van der Waals surface area contributed by atoms with E-state index >= 15 is 0 Å². The van der Waals surface area contributed by atoms with Crippen LogP contribution in [0.2, 0.25) is 0 Å². The van der Waals surface area contributed by atoms with Crippen LogP contribution in [0.4, 0.5) is 14.9 Å². The molecule has 3 rings (SSSR count). The molecular weight excluding hydrogens is 425 g/mol. The number of amides is 3. The van der Waals surface area contributed by atoms with Crippen molar-refractivity contribution < 1.29 is 14.0 Å². The number of nitrogens with one attached hydrogen (secondary N) is 2. The third kappa shape index (κ3) is 5.10. The number of likely N-dealkylation sites (tertiary alicyclic amines) is 1. The van der Waals surface area contributed by atoms with Crippen molar-refractivity contribution in [1.29, 1.82) is 0 Å². The topological polar surface area (TPSA) is 61.4 Å². The molecule has 28 heavy (non-hydrogen) atoms. The highest BCUT2D eigenvalue weighted by Gasteiger charge is 2.39. The second-order valence-corrected chi connectivity index (χ2v) is 8.25. The van der Waals surface area contributed by atoms with Crippen molar-refractivity contribution in [2.24, 2.45) is 5.41 Å². The molecule has 0 aliphatic carbocycles. The number of benzene rings is 2.